The second-order valence-electron chi connectivity index (χ2n) is 5.80. The Morgan fingerprint density at radius 2 is 1.59 bits per heavy atom. The van der Waals surface area contributed by atoms with Crippen molar-refractivity contribution in [1.29, 1.82) is 0 Å². The molecule has 3 aromatic carbocycles. The molecule has 4 rings (SSSR count). The van der Waals surface area contributed by atoms with Crippen molar-refractivity contribution in [2.24, 2.45) is 0 Å². The maximum absolute atomic E-state index is 14.0. The minimum atomic E-state index is -3.80. The third kappa shape index (κ3) is 3.13. The van der Waals surface area contributed by atoms with Gasteiger partial charge in [0.15, 0.2) is 0 Å². The fourth-order valence-electron chi connectivity index (χ4n) is 2.83. The summed E-state index contributed by atoms with van der Waals surface area (Å²) >= 11 is 18.2. The summed E-state index contributed by atoms with van der Waals surface area (Å²) in [5.74, 6) is -0.280. The van der Waals surface area contributed by atoms with E-state index >= 15 is 0 Å². The second-order valence-corrected chi connectivity index (χ2v) is 9.19. The zero-order valence-electron chi connectivity index (χ0n) is 13.6. The monoisotopic (exact) mass is 437 g/mol. The number of amides is 1. The normalized spacial score (nSPS) is 18.8. The van der Waals surface area contributed by atoms with Gasteiger partial charge < -0.3 is 4.52 Å². The van der Waals surface area contributed by atoms with E-state index in [1.165, 1.54) is 24.3 Å². The number of rotatable bonds is 2. The summed E-state index contributed by atoms with van der Waals surface area (Å²) in [6, 6.07) is 17.7. The van der Waals surface area contributed by atoms with Crippen LogP contribution < -0.4 is 14.5 Å². The molecule has 1 heterocycles. The van der Waals surface area contributed by atoms with Crippen LogP contribution in [0, 0.1) is 0 Å². The Morgan fingerprint density at radius 3 is 2.30 bits per heavy atom. The van der Waals surface area contributed by atoms with Crippen molar-refractivity contribution in [2.75, 3.05) is 4.67 Å². The van der Waals surface area contributed by atoms with Crippen molar-refractivity contribution >= 4 is 59.2 Å². The maximum Gasteiger partial charge on any atom is 0.381 e. The predicted molar refractivity (Wildman–Crippen MR) is 109 cm³/mol. The molecule has 0 aromatic heterocycles. The van der Waals surface area contributed by atoms with Gasteiger partial charge in [-0.1, -0.05) is 53.0 Å². The Morgan fingerprint density at radius 1 is 0.852 bits per heavy atom. The number of hydrogen-bond donors (Lipinski definition) is 0. The molecule has 0 fully saturated rings. The fourth-order valence-corrected chi connectivity index (χ4v) is 5.46. The van der Waals surface area contributed by atoms with Crippen LogP contribution >= 0.6 is 42.3 Å². The lowest BCUT2D eigenvalue weighted by Gasteiger charge is -2.36. The predicted octanol–water partition coefficient (Wildman–Crippen LogP) is 6.20. The van der Waals surface area contributed by atoms with Gasteiger partial charge in [-0.05, 0) is 48.5 Å². The van der Waals surface area contributed by atoms with Gasteiger partial charge in [-0.2, -0.15) is 0 Å². The molecule has 0 saturated carbocycles. The smallest absolute Gasteiger partial charge is 0.381 e. The first-order chi connectivity index (χ1) is 12.9. The van der Waals surface area contributed by atoms with Gasteiger partial charge in [0.1, 0.15) is 5.75 Å². The van der Waals surface area contributed by atoms with Crippen LogP contribution in [0.3, 0.4) is 0 Å². The van der Waals surface area contributed by atoms with E-state index in [0.717, 1.165) is 4.67 Å². The molecule has 1 unspecified atom stereocenters. The summed E-state index contributed by atoms with van der Waals surface area (Å²) in [4.78, 5) is 13.3. The molecule has 8 heteroatoms. The van der Waals surface area contributed by atoms with E-state index in [-0.39, 0.29) is 16.3 Å². The average Bonchev–Trinajstić information content (AvgIpc) is 2.66. The number of fused-ring (bicyclic) bond motifs is 1. The maximum atomic E-state index is 14.0. The Balaban J connectivity index is 1.97. The van der Waals surface area contributed by atoms with Crippen molar-refractivity contribution in [3.63, 3.8) is 0 Å². The lowest BCUT2D eigenvalue weighted by molar-refractivity contribution is 0.0996. The number of nitrogens with zero attached hydrogens (tertiary/aromatic N) is 1. The number of halogens is 3. The Labute approximate surface area is 170 Å². The zero-order valence-corrected chi connectivity index (χ0v) is 16.8. The summed E-state index contributed by atoms with van der Waals surface area (Å²) < 4.78 is 21.0. The van der Waals surface area contributed by atoms with Gasteiger partial charge in [0, 0.05) is 5.02 Å². The van der Waals surface area contributed by atoms with Gasteiger partial charge in [-0.15, -0.1) is 0 Å². The lowest BCUT2D eigenvalue weighted by atomic mass is 10.2. The highest BCUT2D eigenvalue weighted by atomic mass is 35.5. The Kier molecular flexibility index (Phi) is 4.69. The van der Waals surface area contributed by atoms with E-state index in [0.29, 0.717) is 21.0 Å². The van der Waals surface area contributed by atoms with Gasteiger partial charge in [0.2, 0.25) is 0 Å². The van der Waals surface area contributed by atoms with Crippen LogP contribution in [0.25, 0.3) is 0 Å². The van der Waals surface area contributed by atoms with Crippen molar-refractivity contribution in [3.05, 3.63) is 87.4 Å². The highest BCUT2D eigenvalue weighted by Gasteiger charge is 2.46. The number of anilines is 1. The number of benzene rings is 3. The molecule has 0 spiro atoms. The van der Waals surface area contributed by atoms with Crippen LogP contribution in [0.4, 0.5) is 5.69 Å². The molecule has 0 N–H and O–H groups in total. The highest BCUT2D eigenvalue weighted by molar-refractivity contribution is 7.70. The standard InChI is InChI=1S/C19H11Cl3NO3P/c20-12-6-9-18-15(10-12)19(24)23(13-7-8-16(21)17(22)11-13)27(25,26-18)14-4-2-1-3-5-14/h1-11H. The van der Waals surface area contributed by atoms with Gasteiger partial charge in [-0.3, -0.25) is 4.79 Å². The topological polar surface area (TPSA) is 46.6 Å². The molecule has 0 aliphatic carbocycles. The zero-order chi connectivity index (χ0) is 19.2. The third-order valence-corrected chi connectivity index (χ3v) is 7.39. The molecule has 3 aromatic rings. The molecule has 27 heavy (non-hydrogen) atoms. The summed E-state index contributed by atoms with van der Waals surface area (Å²) in [5, 5.41) is 1.31. The van der Waals surface area contributed by atoms with Gasteiger partial charge in [-0.25, -0.2) is 9.24 Å². The summed E-state index contributed by atoms with van der Waals surface area (Å²) in [7, 11) is -3.80. The van der Waals surface area contributed by atoms with Crippen LogP contribution in [0.1, 0.15) is 10.4 Å². The van der Waals surface area contributed by atoms with Crippen molar-refractivity contribution in [2.45, 2.75) is 0 Å². The van der Waals surface area contributed by atoms with Gasteiger partial charge in [0.25, 0.3) is 5.91 Å². The fraction of sp³-hybridized carbons (Fsp3) is 0. The first-order valence-electron chi connectivity index (χ1n) is 7.85. The van der Waals surface area contributed by atoms with Crippen molar-refractivity contribution < 1.29 is 13.9 Å². The largest absolute Gasteiger partial charge is 0.425 e. The van der Waals surface area contributed by atoms with Crippen LogP contribution in [-0.4, -0.2) is 5.91 Å². The quantitative estimate of drug-likeness (QED) is 0.447. The van der Waals surface area contributed by atoms with Crippen molar-refractivity contribution in [1.82, 2.24) is 0 Å². The van der Waals surface area contributed by atoms with Crippen LogP contribution in [-0.2, 0) is 4.57 Å². The molecule has 0 bridgehead atoms. The highest BCUT2D eigenvalue weighted by Crippen LogP contribution is 2.57. The van der Waals surface area contributed by atoms with Gasteiger partial charge >= 0.3 is 7.52 Å². The minimum Gasteiger partial charge on any atom is -0.425 e. The molecular formula is C19H11Cl3NO3P. The molecule has 1 aliphatic rings. The van der Waals surface area contributed by atoms with Crippen molar-refractivity contribution in [3.8, 4) is 5.75 Å². The van der Waals surface area contributed by atoms with Gasteiger partial charge in [0.05, 0.1) is 26.6 Å². The molecule has 1 atom stereocenters. The lowest BCUT2D eigenvalue weighted by Crippen LogP contribution is -2.38. The van der Waals surface area contributed by atoms with Crippen LogP contribution in [0.2, 0.25) is 15.1 Å². The van der Waals surface area contributed by atoms with E-state index in [9.17, 15) is 9.36 Å². The van der Waals surface area contributed by atoms with Crippen LogP contribution in [0.5, 0.6) is 5.75 Å². The summed E-state index contributed by atoms with van der Waals surface area (Å²) in [6.45, 7) is 0. The molecule has 1 amide bonds. The number of carbonyl (C=O) groups excluding carboxylic acids is 1. The first-order valence-corrected chi connectivity index (χ1v) is 10.6. The molecule has 1 aliphatic heterocycles. The van der Waals surface area contributed by atoms with E-state index in [1.807, 2.05) is 0 Å². The SMILES string of the molecule is O=C1c2cc(Cl)ccc2OP(=O)(c2ccccc2)N1c1ccc(Cl)c(Cl)c1. The molecule has 0 radical (unpaired) electrons. The molecular weight excluding hydrogens is 428 g/mol. The first kappa shape index (κ1) is 18.4. The molecule has 136 valence electrons. The average molecular weight is 439 g/mol. The Hall–Kier alpha value is -1.97. The molecule has 0 saturated heterocycles. The second kappa shape index (κ2) is 6.88. The van der Waals surface area contributed by atoms with E-state index in [4.69, 9.17) is 39.3 Å². The summed E-state index contributed by atoms with van der Waals surface area (Å²) in [6.07, 6.45) is 0. The Bertz CT molecular complexity index is 1100. The third-order valence-electron chi connectivity index (χ3n) is 4.08. The summed E-state index contributed by atoms with van der Waals surface area (Å²) in [5.41, 5.74) is 0.531. The van der Waals surface area contributed by atoms with Crippen LogP contribution in [0.15, 0.2) is 66.7 Å². The van der Waals surface area contributed by atoms with E-state index in [1.54, 1.807) is 42.5 Å². The van der Waals surface area contributed by atoms with E-state index in [2.05, 4.69) is 0 Å². The number of hydrogen-bond acceptors (Lipinski definition) is 3. The number of carbonyl (C=O) groups is 1. The minimum absolute atomic E-state index is 0.216. The molecule has 4 nitrogen and oxygen atoms in total. The van der Waals surface area contributed by atoms with E-state index < -0.39 is 13.4 Å².